The molecular weight excluding hydrogens is 301 g/mol. The molecule has 1 amide bonds. The van der Waals surface area contributed by atoms with Gasteiger partial charge in [0, 0.05) is 5.56 Å². The first-order valence-corrected chi connectivity index (χ1v) is 6.32. The Morgan fingerprint density at radius 2 is 2.10 bits per heavy atom. The first-order valence-electron chi connectivity index (χ1n) is 5.94. The minimum Gasteiger partial charge on any atom is -0.478 e. The van der Waals surface area contributed by atoms with E-state index in [1.165, 1.54) is 25.1 Å². The van der Waals surface area contributed by atoms with Crippen LogP contribution in [0.2, 0.25) is 5.02 Å². The highest BCUT2D eigenvalue weighted by atomic mass is 35.5. The van der Waals surface area contributed by atoms with Gasteiger partial charge in [0.2, 0.25) is 0 Å². The third kappa shape index (κ3) is 3.41. The Labute approximate surface area is 124 Å². The van der Waals surface area contributed by atoms with Crippen LogP contribution in [0.5, 0.6) is 0 Å². The van der Waals surface area contributed by atoms with E-state index >= 15 is 0 Å². The van der Waals surface area contributed by atoms with Gasteiger partial charge in [-0.1, -0.05) is 11.6 Å². The quantitative estimate of drug-likeness (QED) is 0.909. The normalized spacial score (nSPS) is 10.4. The van der Waals surface area contributed by atoms with Crippen molar-refractivity contribution in [1.82, 2.24) is 5.32 Å². The third-order valence-electron chi connectivity index (χ3n) is 2.80. The number of aromatic carboxylic acids is 1. The number of carboxylic acids is 1. The molecule has 0 radical (unpaired) electrons. The molecule has 0 saturated heterocycles. The zero-order chi connectivity index (χ0) is 15.6. The molecule has 5 nitrogen and oxygen atoms in total. The lowest BCUT2D eigenvalue weighted by molar-refractivity contribution is 0.0694. The van der Waals surface area contributed by atoms with Crippen LogP contribution >= 0.6 is 11.6 Å². The number of rotatable bonds is 4. The Bertz CT molecular complexity index is 711. The number of nitrogens with one attached hydrogen (secondary N) is 1. The summed E-state index contributed by atoms with van der Waals surface area (Å²) in [6.45, 7) is 1.51. The highest BCUT2D eigenvalue weighted by molar-refractivity contribution is 6.30. The first kappa shape index (κ1) is 15.1. The average molecular weight is 312 g/mol. The zero-order valence-electron chi connectivity index (χ0n) is 10.9. The largest absolute Gasteiger partial charge is 0.478 e. The average Bonchev–Trinajstić information content (AvgIpc) is 2.80. The molecule has 7 heteroatoms. The van der Waals surface area contributed by atoms with E-state index in [0.717, 1.165) is 6.07 Å². The maximum Gasteiger partial charge on any atom is 0.339 e. The molecule has 0 atom stereocenters. The molecule has 1 heterocycles. The van der Waals surface area contributed by atoms with E-state index in [0.29, 0.717) is 5.76 Å². The predicted octanol–water partition coefficient (Wildman–Crippen LogP) is 3.01. The second-order valence-electron chi connectivity index (χ2n) is 4.30. The number of amides is 1. The number of carbonyl (C=O) groups excluding carboxylic acids is 1. The van der Waals surface area contributed by atoms with Gasteiger partial charge in [0.1, 0.15) is 22.9 Å². The lowest BCUT2D eigenvalue weighted by atomic mass is 10.2. The maximum atomic E-state index is 13.3. The topological polar surface area (TPSA) is 79.5 Å². The Morgan fingerprint density at radius 1 is 1.38 bits per heavy atom. The van der Waals surface area contributed by atoms with Crippen molar-refractivity contribution in [2.45, 2.75) is 13.5 Å². The number of carboxylic acid groups (broad SMARTS) is 1. The Morgan fingerprint density at radius 3 is 2.67 bits per heavy atom. The minimum absolute atomic E-state index is 0.00278. The van der Waals surface area contributed by atoms with E-state index in [2.05, 4.69) is 5.32 Å². The minimum atomic E-state index is -1.10. The number of hydrogen-bond donors (Lipinski definition) is 2. The van der Waals surface area contributed by atoms with Gasteiger partial charge in [-0.15, -0.1) is 0 Å². The van der Waals surface area contributed by atoms with Crippen molar-refractivity contribution >= 4 is 23.5 Å². The summed E-state index contributed by atoms with van der Waals surface area (Å²) in [5.41, 5.74) is 0.149. The molecule has 110 valence electrons. The highest BCUT2D eigenvalue weighted by Gasteiger charge is 2.15. The molecule has 0 aliphatic heterocycles. The fourth-order valence-electron chi connectivity index (χ4n) is 1.75. The number of carbonyl (C=O) groups is 2. The molecule has 21 heavy (non-hydrogen) atoms. The molecule has 1 aromatic carbocycles. The monoisotopic (exact) mass is 311 g/mol. The van der Waals surface area contributed by atoms with E-state index in [9.17, 15) is 14.0 Å². The van der Waals surface area contributed by atoms with Crippen LogP contribution in [-0.4, -0.2) is 17.0 Å². The van der Waals surface area contributed by atoms with Crippen molar-refractivity contribution in [3.8, 4) is 0 Å². The summed E-state index contributed by atoms with van der Waals surface area (Å²) in [6.07, 6.45) is 0. The number of halogens is 2. The zero-order valence-corrected chi connectivity index (χ0v) is 11.7. The molecular formula is C14H11ClFNO4. The van der Waals surface area contributed by atoms with Crippen LogP contribution in [0.1, 0.15) is 32.2 Å². The molecule has 2 rings (SSSR count). The van der Waals surface area contributed by atoms with E-state index in [4.69, 9.17) is 21.1 Å². The SMILES string of the molecule is Cc1oc(CNC(=O)c2ccc(Cl)c(F)c2)cc1C(=O)O. The maximum absolute atomic E-state index is 13.3. The standard InChI is InChI=1S/C14H11ClFNO4/c1-7-10(14(19)20)5-9(21-7)6-17-13(18)8-2-3-11(15)12(16)4-8/h2-5H,6H2,1H3,(H,17,18)(H,19,20). The van der Waals surface area contributed by atoms with Gasteiger partial charge in [0.05, 0.1) is 11.6 Å². The van der Waals surface area contributed by atoms with Crippen LogP contribution in [0.3, 0.4) is 0 Å². The Kier molecular flexibility index (Phi) is 4.28. The molecule has 0 aliphatic rings. The lowest BCUT2D eigenvalue weighted by Crippen LogP contribution is -2.22. The number of aryl methyl sites for hydroxylation is 1. The molecule has 1 aromatic heterocycles. The van der Waals surface area contributed by atoms with Crippen molar-refractivity contribution in [2.24, 2.45) is 0 Å². The Hall–Kier alpha value is -2.34. The van der Waals surface area contributed by atoms with Crippen LogP contribution in [0.4, 0.5) is 4.39 Å². The summed E-state index contributed by atoms with van der Waals surface area (Å²) >= 11 is 5.53. The van der Waals surface area contributed by atoms with E-state index in [-0.39, 0.29) is 28.5 Å². The predicted molar refractivity (Wildman–Crippen MR) is 73.0 cm³/mol. The van der Waals surface area contributed by atoms with E-state index < -0.39 is 17.7 Å². The molecule has 0 saturated carbocycles. The summed E-state index contributed by atoms with van der Waals surface area (Å²) in [4.78, 5) is 22.7. The molecule has 2 N–H and O–H groups in total. The first-order chi connectivity index (χ1) is 9.88. The molecule has 0 aliphatic carbocycles. The van der Waals surface area contributed by atoms with Gasteiger partial charge < -0.3 is 14.8 Å². The van der Waals surface area contributed by atoms with Crippen molar-refractivity contribution in [3.63, 3.8) is 0 Å². The highest BCUT2D eigenvalue weighted by Crippen LogP contribution is 2.17. The number of benzene rings is 1. The molecule has 0 fully saturated rings. The van der Waals surface area contributed by atoms with Gasteiger partial charge in [0.25, 0.3) is 5.91 Å². The third-order valence-corrected chi connectivity index (χ3v) is 3.11. The summed E-state index contributed by atoms with van der Waals surface area (Å²) in [7, 11) is 0. The van der Waals surface area contributed by atoms with Crippen molar-refractivity contribution < 1.29 is 23.5 Å². The molecule has 0 spiro atoms. The van der Waals surface area contributed by atoms with Gasteiger partial charge in [-0.05, 0) is 31.2 Å². The van der Waals surface area contributed by atoms with Gasteiger partial charge in [-0.2, -0.15) is 0 Å². The molecule has 2 aromatic rings. The molecule has 0 unspecified atom stereocenters. The fraction of sp³-hybridized carbons (Fsp3) is 0.143. The summed E-state index contributed by atoms with van der Waals surface area (Å²) < 4.78 is 18.5. The number of hydrogen-bond acceptors (Lipinski definition) is 3. The summed E-state index contributed by atoms with van der Waals surface area (Å²) in [6, 6.07) is 5.02. The van der Waals surface area contributed by atoms with Crippen molar-refractivity contribution in [2.75, 3.05) is 0 Å². The summed E-state index contributed by atoms with van der Waals surface area (Å²) in [5, 5.41) is 11.3. The van der Waals surface area contributed by atoms with Gasteiger partial charge >= 0.3 is 5.97 Å². The van der Waals surface area contributed by atoms with Crippen molar-refractivity contribution in [1.29, 1.82) is 0 Å². The van der Waals surface area contributed by atoms with E-state index in [1.807, 2.05) is 0 Å². The van der Waals surface area contributed by atoms with Gasteiger partial charge in [-0.25, -0.2) is 9.18 Å². The second-order valence-corrected chi connectivity index (χ2v) is 4.71. The van der Waals surface area contributed by atoms with Crippen LogP contribution in [0.15, 0.2) is 28.7 Å². The lowest BCUT2D eigenvalue weighted by Gasteiger charge is -2.04. The van der Waals surface area contributed by atoms with Crippen LogP contribution in [0.25, 0.3) is 0 Å². The van der Waals surface area contributed by atoms with Gasteiger partial charge in [-0.3, -0.25) is 4.79 Å². The van der Waals surface area contributed by atoms with Crippen molar-refractivity contribution in [3.05, 3.63) is 57.8 Å². The van der Waals surface area contributed by atoms with Crippen LogP contribution in [0, 0.1) is 12.7 Å². The Balaban J connectivity index is 2.05. The second kappa shape index (κ2) is 5.97. The fourth-order valence-corrected chi connectivity index (χ4v) is 1.87. The number of furan rings is 1. The van der Waals surface area contributed by atoms with E-state index in [1.54, 1.807) is 0 Å². The summed E-state index contributed by atoms with van der Waals surface area (Å²) in [5.74, 6) is -1.76. The van der Waals surface area contributed by atoms with Crippen LogP contribution < -0.4 is 5.32 Å². The smallest absolute Gasteiger partial charge is 0.339 e. The van der Waals surface area contributed by atoms with Crippen LogP contribution in [-0.2, 0) is 6.54 Å². The van der Waals surface area contributed by atoms with Gasteiger partial charge in [0.15, 0.2) is 0 Å². The molecule has 0 bridgehead atoms.